The molecule has 2 aromatic rings. The van der Waals surface area contributed by atoms with E-state index >= 15 is 0 Å². The maximum absolute atomic E-state index is 5.64. The summed E-state index contributed by atoms with van der Waals surface area (Å²) >= 11 is 0. The molecule has 6 nitrogen and oxygen atoms in total. The minimum absolute atomic E-state index is 0.481. The molecular formula is C21H29N5O. The van der Waals surface area contributed by atoms with E-state index in [0.717, 1.165) is 37.3 Å². The summed E-state index contributed by atoms with van der Waals surface area (Å²) in [6.45, 7) is 5.35. The lowest BCUT2D eigenvalue weighted by atomic mass is 9.83. The first-order chi connectivity index (χ1) is 13.3. The van der Waals surface area contributed by atoms with Gasteiger partial charge in [-0.2, -0.15) is 4.98 Å². The van der Waals surface area contributed by atoms with Gasteiger partial charge < -0.3 is 9.42 Å². The third-order valence-corrected chi connectivity index (χ3v) is 6.73. The van der Waals surface area contributed by atoms with E-state index in [9.17, 15) is 0 Å². The fourth-order valence-corrected chi connectivity index (χ4v) is 5.22. The zero-order valence-electron chi connectivity index (χ0n) is 16.0. The molecule has 0 radical (unpaired) electrons. The van der Waals surface area contributed by atoms with Gasteiger partial charge in [-0.25, -0.2) is 0 Å². The average molecular weight is 367 g/mol. The molecule has 27 heavy (non-hydrogen) atoms. The van der Waals surface area contributed by atoms with Crippen molar-refractivity contribution in [3.05, 3.63) is 41.8 Å². The molecule has 6 rings (SSSR count). The van der Waals surface area contributed by atoms with Crippen LogP contribution in [0.15, 0.2) is 29.0 Å². The van der Waals surface area contributed by atoms with Crippen LogP contribution in [0.5, 0.6) is 0 Å². The van der Waals surface area contributed by atoms with E-state index in [1.54, 1.807) is 0 Å². The maximum Gasteiger partial charge on any atom is 0.229 e. The molecule has 1 aliphatic carbocycles. The molecule has 0 amide bonds. The number of pyridine rings is 1. The van der Waals surface area contributed by atoms with Crippen LogP contribution in [0.3, 0.4) is 0 Å². The minimum atomic E-state index is 0.481. The number of nitrogens with zero attached hydrogens (tertiary/aromatic N) is 5. The smallest absolute Gasteiger partial charge is 0.229 e. The summed E-state index contributed by atoms with van der Waals surface area (Å²) in [5, 5.41) is 4.34. The summed E-state index contributed by atoms with van der Waals surface area (Å²) in [5.41, 5.74) is 1.26. The van der Waals surface area contributed by atoms with E-state index in [2.05, 4.69) is 26.0 Å². The van der Waals surface area contributed by atoms with Crippen LogP contribution >= 0.6 is 0 Å². The molecule has 1 saturated carbocycles. The van der Waals surface area contributed by atoms with Crippen molar-refractivity contribution in [2.24, 2.45) is 5.92 Å². The lowest BCUT2D eigenvalue weighted by Crippen LogP contribution is -2.56. The summed E-state index contributed by atoms with van der Waals surface area (Å²) in [6.07, 6.45) is 11.4. The highest BCUT2D eigenvalue weighted by Gasteiger charge is 2.38. The molecule has 3 saturated heterocycles. The number of fused-ring (bicyclic) bond motifs is 3. The van der Waals surface area contributed by atoms with Gasteiger partial charge in [0.05, 0.1) is 6.54 Å². The summed E-state index contributed by atoms with van der Waals surface area (Å²) < 4.78 is 5.64. The summed E-state index contributed by atoms with van der Waals surface area (Å²) in [6, 6.07) is 4.76. The molecule has 2 bridgehead atoms. The molecule has 5 heterocycles. The predicted octanol–water partition coefficient (Wildman–Crippen LogP) is 3.22. The highest BCUT2D eigenvalue weighted by atomic mass is 16.5. The van der Waals surface area contributed by atoms with Crippen LogP contribution in [-0.4, -0.2) is 50.6 Å². The van der Waals surface area contributed by atoms with Gasteiger partial charge >= 0.3 is 0 Å². The Balaban J connectivity index is 1.35. The molecule has 1 atom stereocenters. The molecule has 0 spiro atoms. The quantitative estimate of drug-likeness (QED) is 0.781. The molecule has 4 fully saturated rings. The van der Waals surface area contributed by atoms with Crippen LogP contribution in [0, 0.1) is 5.92 Å². The maximum atomic E-state index is 5.64. The number of rotatable bonds is 6. The Morgan fingerprint density at radius 3 is 2.67 bits per heavy atom. The Morgan fingerprint density at radius 2 is 1.96 bits per heavy atom. The lowest BCUT2D eigenvalue weighted by Gasteiger charge is -2.49. The Morgan fingerprint density at radius 1 is 1.11 bits per heavy atom. The topological polar surface area (TPSA) is 58.3 Å². The fourth-order valence-electron chi connectivity index (χ4n) is 5.22. The second-order valence-corrected chi connectivity index (χ2v) is 8.50. The number of aromatic nitrogens is 3. The van der Waals surface area contributed by atoms with Crippen LogP contribution in [-0.2, 0) is 13.1 Å². The van der Waals surface area contributed by atoms with Crippen LogP contribution in [0.2, 0.25) is 0 Å². The zero-order chi connectivity index (χ0) is 18.1. The lowest BCUT2D eigenvalue weighted by molar-refractivity contribution is -0.00395. The molecular weight excluding hydrogens is 338 g/mol. The molecule has 4 aliphatic rings. The van der Waals surface area contributed by atoms with Crippen molar-refractivity contribution in [2.75, 3.05) is 19.6 Å². The van der Waals surface area contributed by atoms with Crippen molar-refractivity contribution in [1.29, 1.82) is 0 Å². The van der Waals surface area contributed by atoms with Crippen molar-refractivity contribution >= 4 is 0 Å². The number of hydrogen-bond acceptors (Lipinski definition) is 6. The van der Waals surface area contributed by atoms with Gasteiger partial charge in [-0.3, -0.25) is 9.88 Å². The SMILES string of the molecule is c1cncc(CN(Cc2noc(C3CCCC3)n2)[C@H]2CN3CCC2CC3)c1. The average Bonchev–Trinajstić information content (AvgIpc) is 3.41. The van der Waals surface area contributed by atoms with Crippen molar-refractivity contribution in [1.82, 2.24) is 24.9 Å². The number of piperidine rings is 3. The third-order valence-electron chi connectivity index (χ3n) is 6.73. The Hall–Kier alpha value is -1.79. The van der Waals surface area contributed by atoms with Gasteiger partial charge in [0.25, 0.3) is 0 Å². The van der Waals surface area contributed by atoms with Crippen LogP contribution in [0.25, 0.3) is 0 Å². The predicted molar refractivity (Wildman–Crippen MR) is 102 cm³/mol. The van der Waals surface area contributed by atoms with E-state index in [-0.39, 0.29) is 0 Å². The van der Waals surface area contributed by atoms with Gasteiger partial charge in [0, 0.05) is 37.4 Å². The standard InChI is InChI=1S/C21H29N5O/c1-2-6-18(5-1)21-23-20(24-27-21)15-26(13-16-4-3-9-22-12-16)19-14-25-10-7-17(19)8-11-25/h3-4,9,12,17-19H,1-2,5-8,10-11,13-15H2/t19-/m0/s1. The first kappa shape index (κ1) is 17.3. The fraction of sp³-hybridized carbons (Fsp3) is 0.667. The van der Waals surface area contributed by atoms with Gasteiger partial charge in [0.1, 0.15) is 0 Å². The first-order valence-electron chi connectivity index (χ1n) is 10.5. The Bertz CT molecular complexity index is 734. The Labute approximate surface area is 161 Å². The largest absolute Gasteiger partial charge is 0.339 e. The van der Waals surface area contributed by atoms with Crippen molar-refractivity contribution in [3.8, 4) is 0 Å². The zero-order valence-corrected chi connectivity index (χ0v) is 16.0. The van der Waals surface area contributed by atoms with Crippen LogP contribution < -0.4 is 0 Å². The van der Waals surface area contributed by atoms with Crippen LogP contribution in [0.1, 0.15) is 61.7 Å². The third kappa shape index (κ3) is 3.78. The van der Waals surface area contributed by atoms with Crippen LogP contribution in [0.4, 0.5) is 0 Å². The molecule has 2 aromatic heterocycles. The van der Waals surface area contributed by atoms with Crippen molar-refractivity contribution < 1.29 is 4.52 Å². The van der Waals surface area contributed by atoms with E-state index in [0.29, 0.717) is 12.0 Å². The minimum Gasteiger partial charge on any atom is -0.339 e. The first-order valence-corrected chi connectivity index (χ1v) is 10.5. The van der Waals surface area contributed by atoms with Gasteiger partial charge in [-0.1, -0.05) is 24.1 Å². The molecule has 0 unspecified atom stereocenters. The van der Waals surface area contributed by atoms with Crippen molar-refractivity contribution in [2.45, 2.75) is 63.6 Å². The molecule has 3 aliphatic heterocycles. The number of hydrogen-bond donors (Lipinski definition) is 0. The molecule has 6 heteroatoms. The second kappa shape index (κ2) is 7.68. The summed E-state index contributed by atoms with van der Waals surface area (Å²) in [5.74, 6) is 2.97. The van der Waals surface area contributed by atoms with E-state index in [4.69, 9.17) is 9.51 Å². The van der Waals surface area contributed by atoms with Gasteiger partial charge in [-0.15, -0.1) is 0 Å². The Kier molecular flexibility index (Phi) is 4.93. The molecule has 0 aromatic carbocycles. The highest BCUT2D eigenvalue weighted by Crippen LogP contribution is 2.34. The monoisotopic (exact) mass is 367 g/mol. The van der Waals surface area contributed by atoms with Gasteiger partial charge in [0.15, 0.2) is 5.82 Å². The van der Waals surface area contributed by atoms with Crippen molar-refractivity contribution in [3.63, 3.8) is 0 Å². The van der Waals surface area contributed by atoms with E-state index < -0.39 is 0 Å². The van der Waals surface area contributed by atoms with E-state index in [1.807, 2.05) is 18.5 Å². The van der Waals surface area contributed by atoms with E-state index in [1.165, 1.54) is 57.2 Å². The normalized spacial score (nSPS) is 28.3. The van der Waals surface area contributed by atoms with Gasteiger partial charge in [-0.05, 0) is 56.3 Å². The molecule has 0 N–H and O–H groups in total. The molecule has 144 valence electrons. The summed E-state index contributed by atoms with van der Waals surface area (Å²) in [4.78, 5) is 14.3. The van der Waals surface area contributed by atoms with Gasteiger partial charge in [0.2, 0.25) is 5.89 Å². The summed E-state index contributed by atoms with van der Waals surface area (Å²) in [7, 11) is 0. The highest BCUT2D eigenvalue weighted by molar-refractivity contribution is 5.09. The second-order valence-electron chi connectivity index (χ2n) is 8.50.